The molecule has 0 radical (unpaired) electrons. The molecular weight excluding hydrogens is 515 g/mol. The topological polar surface area (TPSA) is 98.6 Å². The maximum Gasteiger partial charge on any atom is 0.410 e. The van der Waals surface area contributed by atoms with E-state index in [-0.39, 0.29) is 47.9 Å². The summed E-state index contributed by atoms with van der Waals surface area (Å²) in [5, 5.41) is 6.31. The normalized spacial score (nSPS) is 19.1. The van der Waals surface area contributed by atoms with E-state index in [9.17, 15) is 22.8 Å². The van der Waals surface area contributed by atoms with Crippen molar-refractivity contribution in [1.82, 2.24) is 25.0 Å². The van der Waals surface area contributed by atoms with E-state index in [0.29, 0.717) is 40.8 Å². The Kier molecular flexibility index (Phi) is 6.92. The third-order valence-corrected chi connectivity index (χ3v) is 6.55. The zero-order valence-corrected chi connectivity index (χ0v) is 20.0. The highest BCUT2D eigenvalue weighted by atomic mass is 35.5. The number of rotatable bonds is 7. The van der Waals surface area contributed by atoms with Gasteiger partial charge in [0.05, 0.1) is 17.3 Å². The zero-order chi connectivity index (χ0) is 26.1. The van der Waals surface area contributed by atoms with E-state index < -0.39 is 18.3 Å². The highest BCUT2D eigenvalue weighted by Crippen LogP contribution is 2.34. The first-order chi connectivity index (χ1) is 17.8. The van der Waals surface area contributed by atoms with Crippen LogP contribution in [0.2, 0.25) is 5.02 Å². The SMILES string of the molecule is O=C(NCc1ccc(Cl)c(F)c1)c1cc(O[C@H]2CCN3C(=O)OC[C@@H]3C2)c(-c2cnn(C(F)F)c2)cn1. The second-order valence-corrected chi connectivity index (χ2v) is 9.08. The number of ether oxygens (including phenoxy) is 2. The number of fused-ring (bicyclic) bond motifs is 1. The summed E-state index contributed by atoms with van der Waals surface area (Å²) in [4.78, 5) is 30.5. The quantitative estimate of drug-likeness (QED) is 0.481. The summed E-state index contributed by atoms with van der Waals surface area (Å²) in [5.41, 5.74) is 1.24. The number of amides is 2. The largest absolute Gasteiger partial charge is 0.489 e. The molecule has 5 rings (SSSR count). The van der Waals surface area contributed by atoms with Crippen LogP contribution in [0.15, 0.2) is 42.9 Å². The Bertz CT molecular complexity index is 1340. The van der Waals surface area contributed by atoms with Crippen molar-refractivity contribution >= 4 is 23.6 Å². The molecule has 2 aromatic heterocycles. The Labute approximate surface area is 214 Å². The predicted molar refractivity (Wildman–Crippen MR) is 125 cm³/mol. The van der Waals surface area contributed by atoms with Gasteiger partial charge in [0.15, 0.2) is 0 Å². The zero-order valence-electron chi connectivity index (χ0n) is 19.2. The lowest BCUT2D eigenvalue weighted by molar-refractivity contribution is 0.0566. The van der Waals surface area contributed by atoms with Gasteiger partial charge in [0, 0.05) is 55.5 Å². The van der Waals surface area contributed by atoms with Crippen molar-refractivity contribution in [3.8, 4) is 16.9 Å². The van der Waals surface area contributed by atoms with E-state index in [2.05, 4.69) is 15.4 Å². The minimum absolute atomic E-state index is 0.0197. The van der Waals surface area contributed by atoms with Gasteiger partial charge < -0.3 is 19.7 Å². The van der Waals surface area contributed by atoms with E-state index in [0.717, 1.165) is 6.20 Å². The Morgan fingerprint density at radius 1 is 1.30 bits per heavy atom. The average molecular weight is 536 g/mol. The number of carbonyl (C=O) groups excluding carboxylic acids is 2. The molecule has 0 saturated carbocycles. The van der Waals surface area contributed by atoms with Gasteiger partial charge in [-0.25, -0.2) is 13.9 Å². The van der Waals surface area contributed by atoms with Crippen LogP contribution in [-0.2, 0) is 11.3 Å². The molecule has 0 aliphatic carbocycles. The molecule has 4 heterocycles. The van der Waals surface area contributed by atoms with Crippen LogP contribution in [0.3, 0.4) is 0 Å². The van der Waals surface area contributed by atoms with Gasteiger partial charge in [-0.3, -0.25) is 9.78 Å². The summed E-state index contributed by atoms with van der Waals surface area (Å²) in [6.45, 7) is -2.08. The fourth-order valence-corrected chi connectivity index (χ4v) is 4.45. The molecule has 194 valence electrons. The molecule has 1 N–H and O–H groups in total. The van der Waals surface area contributed by atoms with Gasteiger partial charge in [-0.05, 0) is 17.7 Å². The van der Waals surface area contributed by atoms with E-state index in [1.807, 2.05) is 0 Å². The summed E-state index contributed by atoms with van der Waals surface area (Å²) in [6.07, 6.45) is 4.14. The molecule has 13 heteroatoms. The molecule has 37 heavy (non-hydrogen) atoms. The maximum atomic E-state index is 13.7. The van der Waals surface area contributed by atoms with E-state index in [4.69, 9.17) is 21.1 Å². The Morgan fingerprint density at radius 2 is 2.14 bits per heavy atom. The third-order valence-electron chi connectivity index (χ3n) is 6.24. The van der Waals surface area contributed by atoms with Gasteiger partial charge in [0.2, 0.25) is 0 Å². The molecule has 2 saturated heterocycles. The van der Waals surface area contributed by atoms with Crippen LogP contribution < -0.4 is 10.1 Å². The number of hydrogen-bond donors (Lipinski definition) is 1. The van der Waals surface area contributed by atoms with Gasteiger partial charge in [-0.1, -0.05) is 17.7 Å². The molecule has 0 spiro atoms. The number of carbonyl (C=O) groups is 2. The van der Waals surface area contributed by atoms with Crippen molar-refractivity contribution in [3.63, 3.8) is 0 Å². The lowest BCUT2D eigenvalue weighted by Gasteiger charge is -2.32. The van der Waals surface area contributed by atoms with Crippen molar-refractivity contribution in [1.29, 1.82) is 0 Å². The number of nitrogens with zero attached hydrogens (tertiary/aromatic N) is 4. The number of aromatic nitrogens is 3. The van der Waals surface area contributed by atoms with Crippen LogP contribution in [0.4, 0.5) is 18.0 Å². The second kappa shape index (κ2) is 10.3. The summed E-state index contributed by atoms with van der Waals surface area (Å²) in [7, 11) is 0. The molecule has 9 nitrogen and oxygen atoms in total. The molecule has 2 aliphatic heterocycles. The molecule has 3 aromatic rings. The van der Waals surface area contributed by atoms with Crippen molar-refractivity contribution in [2.45, 2.75) is 38.1 Å². The van der Waals surface area contributed by atoms with Gasteiger partial charge >= 0.3 is 12.6 Å². The number of pyridine rings is 1. The molecule has 2 atom stereocenters. The standard InChI is InChI=1S/C24H21ClF3N5O4/c25-18-2-1-13(5-19(18)26)8-30-22(34)20-7-21(17(10-29-20)14-9-31-33(11-14)23(27)28)37-16-3-4-32-15(6-16)12-36-24(32)35/h1-2,5,7,9-11,15-16,23H,3-4,6,8,12H2,(H,30,34)/t15-,16-/m0/s1. The van der Waals surface area contributed by atoms with E-state index >= 15 is 0 Å². The number of hydrogen-bond acceptors (Lipinski definition) is 6. The van der Waals surface area contributed by atoms with Gasteiger partial charge in [-0.2, -0.15) is 13.9 Å². The first kappa shape index (κ1) is 24.9. The van der Waals surface area contributed by atoms with Gasteiger partial charge in [-0.15, -0.1) is 0 Å². The summed E-state index contributed by atoms with van der Waals surface area (Å²) < 4.78 is 51.7. The van der Waals surface area contributed by atoms with Crippen LogP contribution >= 0.6 is 11.6 Å². The number of nitrogens with one attached hydrogen (secondary N) is 1. The van der Waals surface area contributed by atoms with Crippen LogP contribution in [-0.4, -0.2) is 57.0 Å². The van der Waals surface area contributed by atoms with Crippen molar-refractivity contribution in [3.05, 3.63) is 65.0 Å². The van der Waals surface area contributed by atoms with Gasteiger partial charge in [0.25, 0.3) is 5.91 Å². The number of cyclic esters (lactones) is 1. The Balaban J connectivity index is 1.37. The van der Waals surface area contributed by atoms with Crippen LogP contribution in [0.1, 0.15) is 35.4 Å². The molecule has 1 aromatic carbocycles. The first-order valence-corrected chi connectivity index (χ1v) is 11.8. The highest BCUT2D eigenvalue weighted by molar-refractivity contribution is 6.30. The summed E-state index contributed by atoms with van der Waals surface area (Å²) in [5.74, 6) is -0.883. The minimum atomic E-state index is -2.82. The van der Waals surface area contributed by atoms with Crippen molar-refractivity contribution in [2.24, 2.45) is 0 Å². The molecular formula is C24H21ClF3N5O4. The van der Waals surface area contributed by atoms with Crippen molar-refractivity contribution in [2.75, 3.05) is 13.2 Å². The first-order valence-electron chi connectivity index (χ1n) is 11.4. The fraction of sp³-hybridized carbons (Fsp3) is 0.333. The smallest absolute Gasteiger partial charge is 0.410 e. The monoisotopic (exact) mass is 535 g/mol. The molecule has 0 unspecified atom stereocenters. The van der Waals surface area contributed by atoms with Gasteiger partial charge in [0.1, 0.15) is 30.0 Å². The minimum Gasteiger partial charge on any atom is -0.489 e. The van der Waals surface area contributed by atoms with E-state index in [1.165, 1.54) is 30.6 Å². The van der Waals surface area contributed by atoms with Crippen LogP contribution in [0, 0.1) is 5.82 Å². The lowest BCUT2D eigenvalue weighted by atomic mass is 10.0. The maximum absolute atomic E-state index is 13.7. The van der Waals surface area contributed by atoms with Crippen molar-refractivity contribution < 1.29 is 32.2 Å². The van der Waals surface area contributed by atoms with Crippen LogP contribution in [0.25, 0.3) is 11.1 Å². The molecule has 2 amide bonds. The fourth-order valence-electron chi connectivity index (χ4n) is 4.33. The summed E-state index contributed by atoms with van der Waals surface area (Å²) >= 11 is 5.70. The summed E-state index contributed by atoms with van der Waals surface area (Å²) in [6, 6.07) is 5.50. The Morgan fingerprint density at radius 3 is 2.89 bits per heavy atom. The molecule has 2 aliphatic rings. The lowest BCUT2D eigenvalue weighted by Crippen LogP contribution is -2.44. The van der Waals surface area contributed by atoms with Crippen LogP contribution in [0.5, 0.6) is 5.75 Å². The number of halogens is 4. The number of alkyl halides is 2. The predicted octanol–water partition coefficient (Wildman–Crippen LogP) is 4.42. The third kappa shape index (κ3) is 5.33. The number of piperidine rings is 1. The molecule has 2 fully saturated rings. The Hall–Kier alpha value is -3.80. The molecule has 0 bridgehead atoms. The highest BCUT2D eigenvalue weighted by Gasteiger charge is 2.39. The number of benzene rings is 1. The van der Waals surface area contributed by atoms with E-state index in [1.54, 1.807) is 11.0 Å². The average Bonchev–Trinajstić information content (AvgIpc) is 3.52. The second-order valence-electron chi connectivity index (χ2n) is 8.67.